The summed E-state index contributed by atoms with van der Waals surface area (Å²) in [7, 11) is -3.25. The average molecular weight is 234 g/mol. The van der Waals surface area contributed by atoms with Crippen LogP contribution in [0.1, 0.15) is 12.8 Å². The second-order valence-corrected chi connectivity index (χ2v) is 4.92. The van der Waals surface area contributed by atoms with Crippen LogP contribution >= 0.6 is 12.4 Å². The number of hydrogen-bond donors (Lipinski definition) is 1. The fourth-order valence-corrected chi connectivity index (χ4v) is 2.41. The van der Waals surface area contributed by atoms with E-state index in [1.165, 1.54) is 0 Å². The van der Waals surface area contributed by atoms with E-state index < -0.39 is 10.0 Å². The third-order valence-corrected chi connectivity index (χ3v) is 3.49. The Morgan fingerprint density at radius 2 is 1.71 bits per heavy atom. The highest BCUT2D eigenvalue weighted by molar-refractivity contribution is 7.89. The summed E-state index contributed by atoms with van der Waals surface area (Å²) in [6, 6.07) is 8.62. The monoisotopic (exact) mass is 233 g/mol. The fraction of sp³-hybridized carbons (Fsp3) is 0.333. The van der Waals surface area contributed by atoms with Gasteiger partial charge in [0.1, 0.15) is 0 Å². The molecule has 14 heavy (non-hydrogen) atoms. The normalized spacial score (nSPS) is 16.0. The first-order chi connectivity index (χ1) is 6.18. The zero-order valence-electron chi connectivity index (χ0n) is 7.51. The molecule has 0 aromatic heterocycles. The molecular formula is C9H12ClNO2S. The highest BCUT2D eigenvalue weighted by Gasteiger charge is 2.27. The number of benzene rings is 1. The van der Waals surface area contributed by atoms with Gasteiger partial charge in [-0.1, -0.05) is 18.2 Å². The van der Waals surface area contributed by atoms with Gasteiger partial charge in [-0.15, -0.1) is 12.4 Å². The molecule has 0 spiro atoms. The maximum atomic E-state index is 11.6. The minimum Gasteiger partial charge on any atom is -0.208 e. The van der Waals surface area contributed by atoms with Gasteiger partial charge in [-0.3, -0.25) is 0 Å². The van der Waals surface area contributed by atoms with Crippen molar-refractivity contribution in [2.24, 2.45) is 0 Å². The number of rotatable bonds is 3. The van der Waals surface area contributed by atoms with Gasteiger partial charge in [0.05, 0.1) is 4.90 Å². The SMILES string of the molecule is Cl.O=S(=O)(NC1CC1)c1ccccc1. The average Bonchev–Trinajstić information content (AvgIpc) is 2.89. The summed E-state index contributed by atoms with van der Waals surface area (Å²) in [4.78, 5) is 0.349. The molecule has 0 radical (unpaired) electrons. The fourth-order valence-electron chi connectivity index (χ4n) is 1.09. The first-order valence-corrected chi connectivity index (χ1v) is 5.74. The number of sulfonamides is 1. The largest absolute Gasteiger partial charge is 0.240 e. The molecule has 2 rings (SSSR count). The third-order valence-electron chi connectivity index (χ3n) is 1.95. The number of nitrogens with one attached hydrogen (secondary N) is 1. The van der Waals surface area contributed by atoms with Crippen LogP contribution in [0.2, 0.25) is 0 Å². The number of halogens is 1. The van der Waals surface area contributed by atoms with E-state index in [2.05, 4.69) is 4.72 Å². The van der Waals surface area contributed by atoms with Crippen molar-refractivity contribution >= 4 is 22.4 Å². The van der Waals surface area contributed by atoms with E-state index in [4.69, 9.17) is 0 Å². The molecule has 5 heteroatoms. The molecule has 0 amide bonds. The van der Waals surface area contributed by atoms with E-state index in [-0.39, 0.29) is 18.4 Å². The van der Waals surface area contributed by atoms with E-state index in [1.54, 1.807) is 30.3 Å². The standard InChI is InChI=1S/C9H11NO2S.ClH/c11-13(12,10-8-6-7-8)9-4-2-1-3-5-9;/h1-5,8,10H,6-7H2;1H. The lowest BCUT2D eigenvalue weighted by atomic mass is 10.4. The molecule has 0 atom stereocenters. The van der Waals surface area contributed by atoms with Crippen LogP contribution in [0, 0.1) is 0 Å². The Morgan fingerprint density at radius 1 is 1.14 bits per heavy atom. The minimum atomic E-state index is -3.25. The third kappa shape index (κ3) is 2.70. The molecule has 1 N–H and O–H groups in total. The second-order valence-electron chi connectivity index (χ2n) is 3.21. The van der Waals surface area contributed by atoms with Crippen LogP contribution in [0.25, 0.3) is 0 Å². The molecule has 0 bridgehead atoms. The lowest BCUT2D eigenvalue weighted by molar-refractivity contribution is 0.581. The van der Waals surface area contributed by atoms with Gasteiger partial charge in [-0.25, -0.2) is 13.1 Å². The Bertz CT molecular complexity index is 387. The molecule has 0 unspecified atom stereocenters. The Kier molecular flexibility index (Phi) is 3.53. The molecule has 78 valence electrons. The Hall–Kier alpha value is -0.580. The molecule has 1 aromatic carbocycles. The Labute approximate surface area is 90.0 Å². The quantitative estimate of drug-likeness (QED) is 0.861. The molecule has 1 saturated carbocycles. The summed E-state index contributed by atoms with van der Waals surface area (Å²) in [6.45, 7) is 0. The second kappa shape index (κ2) is 4.29. The van der Waals surface area contributed by atoms with Crippen LogP contribution in [0.15, 0.2) is 35.2 Å². The summed E-state index contributed by atoms with van der Waals surface area (Å²) >= 11 is 0. The maximum absolute atomic E-state index is 11.6. The van der Waals surface area contributed by atoms with E-state index in [0.717, 1.165) is 12.8 Å². The van der Waals surface area contributed by atoms with Crippen LogP contribution < -0.4 is 4.72 Å². The maximum Gasteiger partial charge on any atom is 0.240 e. The van der Waals surface area contributed by atoms with E-state index in [9.17, 15) is 8.42 Å². The zero-order valence-corrected chi connectivity index (χ0v) is 9.14. The summed E-state index contributed by atoms with van der Waals surface area (Å²) < 4.78 is 25.8. The smallest absolute Gasteiger partial charge is 0.208 e. The number of hydrogen-bond acceptors (Lipinski definition) is 2. The van der Waals surface area contributed by atoms with E-state index in [1.807, 2.05) is 0 Å². The summed E-state index contributed by atoms with van der Waals surface area (Å²) in [6.07, 6.45) is 1.93. The van der Waals surface area contributed by atoms with Gasteiger partial charge in [-0.05, 0) is 25.0 Å². The molecule has 0 aliphatic heterocycles. The highest BCUT2D eigenvalue weighted by atomic mass is 35.5. The van der Waals surface area contributed by atoms with Crippen molar-refractivity contribution in [3.63, 3.8) is 0 Å². The van der Waals surface area contributed by atoms with Crippen molar-refractivity contribution in [1.29, 1.82) is 0 Å². The van der Waals surface area contributed by atoms with Crippen LogP contribution in [0.5, 0.6) is 0 Å². The van der Waals surface area contributed by atoms with Crippen molar-refractivity contribution in [2.75, 3.05) is 0 Å². The molecule has 1 aliphatic carbocycles. The molecule has 0 heterocycles. The molecular weight excluding hydrogens is 222 g/mol. The lowest BCUT2D eigenvalue weighted by Gasteiger charge is -2.03. The van der Waals surface area contributed by atoms with Crippen molar-refractivity contribution in [3.8, 4) is 0 Å². The molecule has 0 saturated heterocycles. The van der Waals surface area contributed by atoms with Gasteiger partial charge < -0.3 is 0 Å². The van der Waals surface area contributed by atoms with Gasteiger partial charge in [-0.2, -0.15) is 0 Å². The van der Waals surface area contributed by atoms with E-state index in [0.29, 0.717) is 4.90 Å². The predicted octanol–water partition coefficient (Wildman–Crippen LogP) is 1.55. The van der Waals surface area contributed by atoms with Crippen LogP contribution in [0.3, 0.4) is 0 Å². The summed E-state index contributed by atoms with van der Waals surface area (Å²) in [5, 5.41) is 0. The van der Waals surface area contributed by atoms with Gasteiger partial charge >= 0.3 is 0 Å². The summed E-state index contributed by atoms with van der Waals surface area (Å²) in [5.41, 5.74) is 0. The zero-order chi connectivity index (χ0) is 9.31. The van der Waals surface area contributed by atoms with Crippen LogP contribution in [0.4, 0.5) is 0 Å². The molecule has 1 aliphatic rings. The lowest BCUT2D eigenvalue weighted by Crippen LogP contribution is -2.25. The molecule has 3 nitrogen and oxygen atoms in total. The predicted molar refractivity (Wildman–Crippen MR) is 57.0 cm³/mol. The van der Waals surface area contributed by atoms with Gasteiger partial charge in [0.25, 0.3) is 0 Å². The molecule has 1 aromatic rings. The van der Waals surface area contributed by atoms with Gasteiger partial charge in [0.15, 0.2) is 0 Å². The van der Waals surface area contributed by atoms with Gasteiger partial charge in [0, 0.05) is 6.04 Å². The Balaban J connectivity index is 0.000000980. The topological polar surface area (TPSA) is 46.2 Å². The van der Waals surface area contributed by atoms with E-state index >= 15 is 0 Å². The Morgan fingerprint density at radius 3 is 2.21 bits per heavy atom. The van der Waals surface area contributed by atoms with Crippen molar-refractivity contribution < 1.29 is 8.42 Å². The first kappa shape index (κ1) is 11.5. The van der Waals surface area contributed by atoms with Crippen molar-refractivity contribution in [3.05, 3.63) is 30.3 Å². The summed E-state index contributed by atoms with van der Waals surface area (Å²) in [5.74, 6) is 0. The van der Waals surface area contributed by atoms with Crippen molar-refractivity contribution in [1.82, 2.24) is 4.72 Å². The molecule has 1 fully saturated rings. The highest BCUT2D eigenvalue weighted by Crippen LogP contribution is 2.21. The van der Waals surface area contributed by atoms with Crippen LogP contribution in [-0.4, -0.2) is 14.5 Å². The van der Waals surface area contributed by atoms with Crippen molar-refractivity contribution in [2.45, 2.75) is 23.8 Å². The first-order valence-electron chi connectivity index (χ1n) is 4.26. The van der Waals surface area contributed by atoms with Crippen LogP contribution in [-0.2, 0) is 10.0 Å². The minimum absolute atomic E-state index is 0. The van der Waals surface area contributed by atoms with Gasteiger partial charge in [0.2, 0.25) is 10.0 Å².